The highest BCUT2D eigenvalue weighted by molar-refractivity contribution is 5.92. The lowest BCUT2D eigenvalue weighted by Gasteiger charge is -2.14. The maximum Gasteiger partial charge on any atom is 0.316 e. The predicted octanol–water partition coefficient (Wildman–Crippen LogP) is -0.300. The van der Waals surface area contributed by atoms with Crippen LogP contribution in [0.5, 0.6) is 0 Å². The Morgan fingerprint density at radius 2 is 2.15 bits per heavy atom. The maximum atomic E-state index is 11.9. The molecule has 3 N–H and O–H groups in total. The van der Waals surface area contributed by atoms with Gasteiger partial charge in [-0.05, 0) is 6.42 Å². The minimum absolute atomic E-state index is 0.180. The number of hydrogen-bond donors (Lipinski definition) is 3. The van der Waals surface area contributed by atoms with Crippen molar-refractivity contribution in [2.45, 2.75) is 13.0 Å². The highest BCUT2D eigenvalue weighted by atomic mass is 16.2. The SMILES string of the molecule is CN(C)C(=O)NCCNC(=O)c1cn2c(n1)NCCC2. The molecular formula is C12H20N6O2. The van der Waals surface area contributed by atoms with Crippen LogP contribution < -0.4 is 16.0 Å². The molecule has 3 amide bonds. The normalized spacial score (nSPS) is 13.1. The molecule has 20 heavy (non-hydrogen) atoms. The zero-order valence-electron chi connectivity index (χ0n) is 11.8. The van der Waals surface area contributed by atoms with E-state index >= 15 is 0 Å². The van der Waals surface area contributed by atoms with Gasteiger partial charge in [0.05, 0.1) is 0 Å². The van der Waals surface area contributed by atoms with Crippen molar-refractivity contribution in [3.8, 4) is 0 Å². The quantitative estimate of drug-likeness (QED) is 0.660. The number of hydrogen-bond acceptors (Lipinski definition) is 4. The van der Waals surface area contributed by atoms with Gasteiger partial charge in [-0.1, -0.05) is 0 Å². The zero-order chi connectivity index (χ0) is 14.5. The molecule has 1 aliphatic heterocycles. The second-order valence-corrected chi connectivity index (χ2v) is 4.81. The Balaban J connectivity index is 1.77. The summed E-state index contributed by atoms with van der Waals surface area (Å²) in [6, 6.07) is -0.180. The van der Waals surface area contributed by atoms with Gasteiger partial charge in [-0.3, -0.25) is 4.79 Å². The largest absolute Gasteiger partial charge is 0.356 e. The molecule has 8 heteroatoms. The van der Waals surface area contributed by atoms with E-state index in [1.54, 1.807) is 20.3 Å². The highest BCUT2D eigenvalue weighted by Gasteiger charge is 2.16. The van der Waals surface area contributed by atoms with Crippen LogP contribution in [0.1, 0.15) is 16.9 Å². The summed E-state index contributed by atoms with van der Waals surface area (Å²) in [5.41, 5.74) is 0.397. The van der Waals surface area contributed by atoms with Crippen molar-refractivity contribution < 1.29 is 9.59 Å². The number of nitrogens with one attached hydrogen (secondary N) is 3. The molecule has 0 fully saturated rings. The number of aryl methyl sites for hydroxylation is 1. The average Bonchev–Trinajstić information content (AvgIpc) is 2.86. The number of nitrogens with zero attached hydrogens (tertiary/aromatic N) is 3. The summed E-state index contributed by atoms with van der Waals surface area (Å²) in [6.07, 6.45) is 2.77. The zero-order valence-corrected chi connectivity index (χ0v) is 11.8. The fraction of sp³-hybridized carbons (Fsp3) is 0.583. The summed E-state index contributed by atoms with van der Waals surface area (Å²) in [7, 11) is 3.33. The highest BCUT2D eigenvalue weighted by Crippen LogP contribution is 2.13. The number of carbonyl (C=O) groups excluding carboxylic acids is 2. The van der Waals surface area contributed by atoms with Crippen LogP contribution in [0.2, 0.25) is 0 Å². The molecule has 110 valence electrons. The molecule has 0 atom stereocenters. The molecule has 1 aromatic heterocycles. The second-order valence-electron chi connectivity index (χ2n) is 4.81. The molecule has 0 radical (unpaired) electrons. The van der Waals surface area contributed by atoms with Crippen LogP contribution in [0.4, 0.5) is 10.7 Å². The maximum absolute atomic E-state index is 11.9. The first-order chi connectivity index (χ1) is 9.58. The second kappa shape index (κ2) is 6.27. The molecule has 2 heterocycles. The van der Waals surface area contributed by atoms with E-state index in [1.807, 2.05) is 4.57 Å². The molecule has 1 aromatic rings. The van der Waals surface area contributed by atoms with Gasteiger partial charge in [-0.15, -0.1) is 0 Å². The van der Waals surface area contributed by atoms with Crippen LogP contribution in [-0.4, -0.2) is 60.1 Å². The molecule has 0 bridgehead atoms. The third-order valence-electron chi connectivity index (χ3n) is 2.96. The van der Waals surface area contributed by atoms with Crippen LogP contribution in [0, 0.1) is 0 Å². The molecule has 2 rings (SSSR count). The number of urea groups is 1. The number of rotatable bonds is 4. The Bertz CT molecular complexity index is 473. The van der Waals surface area contributed by atoms with Gasteiger partial charge >= 0.3 is 6.03 Å². The van der Waals surface area contributed by atoms with E-state index in [4.69, 9.17) is 0 Å². The minimum Gasteiger partial charge on any atom is -0.356 e. The van der Waals surface area contributed by atoms with Gasteiger partial charge in [0.25, 0.3) is 5.91 Å². The molecule has 8 nitrogen and oxygen atoms in total. The van der Waals surface area contributed by atoms with E-state index in [0.29, 0.717) is 18.8 Å². The van der Waals surface area contributed by atoms with E-state index in [-0.39, 0.29) is 11.9 Å². The van der Waals surface area contributed by atoms with Gasteiger partial charge in [-0.25, -0.2) is 9.78 Å². The Kier molecular flexibility index (Phi) is 4.44. The lowest BCUT2D eigenvalue weighted by molar-refractivity contribution is 0.0949. The van der Waals surface area contributed by atoms with E-state index in [2.05, 4.69) is 20.9 Å². The van der Waals surface area contributed by atoms with Gasteiger partial charge in [-0.2, -0.15) is 0 Å². The van der Waals surface area contributed by atoms with E-state index in [1.165, 1.54) is 4.90 Å². The Labute approximate surface area is 117 Å². The summed E-state index contributed by atoms with van der Waals surface area (Å²) in [4.78, 5) is 28.8. The van der Waals surface area contributed by atoms with Crippen molar-refractivity contribution in [2.24, 2.45) is 0 Å². The summed E-state index contributed by atoms with van der Waals surface area (Å²) >= 11 is 0. The first-order valence-electron chi connectivity index (χ1n) is 6.62. The summed E-state index contributed by atoms with van der Waals surface area (Å²) in [5.74, 6) is 0.509. The molecule has 0 spiro atoms. The number of fused-ring (bicyclic) bond motifs is 1. The van der Waals surface area contributed by atoms with Crippen molar-refractivity contribution >= 4 is 17.9 Å². The Hall–Kier alpha value is -2.25. The van der Waals surface area contributed by atoms with Crippen molar-refractivity contribution in [2.75, 3.05) is 39.0 Å². The van der Waals surface area contributed by atoms with Gasteiger partial charge in [0.2, 0.25) is 5.95 Å². The summed E-state index contributed by atoms with van der Waals surface area (Å²) < 4.78 is 1.94. The number of aromatic nitrogens is 2. The topological polar surface area (TPSA) is 91.3 Å². The molecule has 1 aliphatic rings. The molecular weight excluding hydrogens is 260 g/mol. The molecule has 0 aromatic carbocycles. The number of amides is 3. The number of imidazole rings is 1. The monoisotopic (exact) mass is 280 g/mol. The lowest BCUT2D eigenvalue weighted by Crippen LogP contribution is -2.39. The van der Waals surface area contributed by atoms with Gasteiger partial charge in [0, 0.05) is 46.5 Å². The number of carbonyl (C=O) groups is 2. The lowest BCUT2D eigenvalue weighted by atomic mass is 10.4. The van der Waals surface area contributed by atoms with Crippen LogP contribution in [0.25, 0.3) is 0 Å². The van der Waals surface area contributed by atoms with Crippen molar-refractivity contribution in [1.29, 1.82) is 0 Å². The smallest absolute Gasteiger partial charge is 0.316 e. The predicted molar refractivity (Wildman–Crippen MR) is 74.8 cm³/mol. The molecule has 0 aliphatic carbocycles. The summed E-state index contributed by atoms with van der Waals surface area (Å²) in [5, 5.41) is 8.54. The fourth-order valence-electron chi connectivity index (χ4n) is 1.88. The standard InChI is InChI=1S/C12H20N6O2/c1-17(2)12(20)15-6-5-13-10(19)9-8-18-7-3-4-14-11(18)16-9/h8H,3-7H2,1-2H3,(H,13,19)(H,14,16)(H,15,20). The van der Waals surface area contributed by atoms with Crippen LogP contribution >= 0.6 is 0 Å². The van der Waals surface area contributed by atoms with Crippen molar-refractivity contribution in [1.82, 2.24) is 25.1 Å². The van der Waals surface area contributed by atoms with E-state index < -0.39 is 0 Å². The molecule has 0 saturated heterocycles. The van der Waals surface area contributed by atoms with Gasteiger partial charge in [0.1, 0.15) is 5.69 Å². The fourth-order valence-corrected chi connectivity index (χ4v) is 1.88. The van der Waals surface area contributed by atoms with Crippen molar-refractivity contribution in [3.05, 3.63) is 11.9 Å². The third kappa shape index (κ3) is 3.40. The van der Waals surface area contributed by atoms with Crippen LogP contribution in [0.15, 0.2) is 6.20 Å². The molecule has 0 unspecified atom stereocenters. The van der Waals surface area contributed by atoms with E-state index in [0.717, 1.165) is 25.5 Å². The Morgan fingerprint density at radius 1 is 1.40 bits per heavy atom. The first kappa shape index (κ1) is 14.2. The summed E-state index contributed by atoms with van der Waals surface area (Å²) in [6.45, 7) is 2.51. The van der Waals surface area contributed by atoms with Gasteiger partial charge in [0.15, 0.2) is 0 Å². The Morgan fingerprint density at radius 3 is 2.85 bits per heavy atom. The van der Waals surface area contributed by atoms with Gasteiger partial charge < -0.3 is 25.4 Å². The van der Waals surface area contributed by atoms with Crippen LogP contribution in [-0.2, 0) is 6.54 Å². The minimum atomic E-state index is -0.229. The average molecular weight is 280 g/mol. The van der Waals surface area contributed by atoms with E-state index in [9.17, 15) is 9.59 Å². The third-order valence-corrected chi connectivity index (χ3v) is 2.96. The first-order valence-corrected chi connectivity index (χ1v) is 6.62. The molecule has 0 saturated carbocycles. The van der Waals surface area contributed by atoms with Crippen molar-refractivity contribution in [3.63, 3.8) is 0 Å². The van der Waals surface area contributed by atoms with Crippen LogP contribution in [0.3, 0.4) is 0 Å². The number of anilines is 1.